The van der Waals surface area contributed by atoms with E-state index in [9.17, 15) is 9.59 Å². The number of urea groups is 1. The van der Waals surface area contributed by atoms with Gasteiger partial charge < -0.3 is 20.7 Å². The van der Waals surface area contributed by atoms with E-state index >= 15 is 0 Å². The van der Waals surface area contributed by atoms with E-state index in [4.69, 9.17) is 4.74 Å². The first-order valence-corrected chi connectivity index (χ1v) is 6.80. The highest BCUT2D eigenvalue weighted by molar-refractivity contribution is 6.00. The molecule has 0 aliphatic carbocycles. The lowest BCUT2D eigenvalue weighted by Gasteiger charge is -2.12. The van der Waals surface area contributed by atoms with E-state index in [0.29, 0.717) is 18.7 Å². The van der Waals surface area contributed by atoms with Crippen molar-refractivity contribution in [1.29, 1.82) is 0 Å². The molecule has 1 atom stereocenters. The maximum absolute atomic E-state index is 11.8. The maximum atomic E-state index is 11.8. The number of hydrogen-bond donors (Lipinski definition) is 3. The largest absolute Gasteiger partial charge is 0.376 e. The summed E-state index contributed by atoms with van der Waals surface area (Å²) in [6.07, 6.45) is 2.57. The Morgan fingerprint density at radius 1 is 1.45 bits per heavy atom. The van der Waals surface area contributed by atoms with Crippen molar-refractivity contribution in [3.05, 3.63) is 23.8 Å². The Bertz CT molecular complexity index is 538. The molecule has 6 heteroatoms. The third-order valence-electron chi connectivity index (χ3n) is 3.51. The minimum Gasteiger partial charge on any atom is -0.376 e. The van der Waals surface area contributed by atoms with Gasteiger partial charge in [-0.05, 0) is 30.5 Å². The topological polar surface area (TPSA) is 79.5 Å². The molecule has 1 fully saturated rings. The van der Waals surface area contributed by atoms with Crippen LogP contribution in [-0.2, 0) is 16.0 Å². The standard InChI is InChI=1S/C14H17N3O3/c18-13-6-9-3-4-10(7-12(9)17-13)16-14(19)15-8-11-2-1-5-20-11/h3-4,7,11H,1-2,5-6,8H2,(H,17,18)(H2,15,16,19). The third-order valence-corrected chi connectivity index (χ3v) is 3.51. The Hall–Kier alpha value is -2.08. The fourth-order valence-electron chi connectivity index (χ4n) is 2.48. The van der Waals surface area contributed by atoms with E-state index in [1.54, 1.807) is 12.1 Å². The lowest BCUT2D eigenvalue weighted by atomic mass is 10.1. The van der Waals surface area contributed by atoms with Gasteiger partial charge in [-0.15, -0.1) is 0 Å². The van der Waals surface area contributed by atoms with Gasteiger partial charge in [0, 0.05) is 24.5 Å². The lowest BCUT2D eigenvalue weighted by Crippen LogP contribution is -2.35. The predicted octanol–water partition coefficient (Wildman–Crippen LogP) is 1.48. The normalized spacial score (nSPS) is 20.4. The molecule has 2 aliphatic rings. The van der Waals surface area contributed by atoms with Crippen LogP contribution in [0.2, 0.25) is 0 Å². The molecule has 0 aromatic heterocycles. The number of ether oxygens (including phenoxy) is 1. The zero-order valence-electron chi connectivity index (χ0n) is 11.1. The van der Waals surface area contributed by atoms with Crippen molar-refractivity contribution >= 4 is 23.3 Å². The van der Waals surface area contributed by atoms with E-state index < -0.39 is 0 Å². The highest BCUT2D eigenvalue weighted by Gasteiger charge is 2.18. The van der Waals surface area contributed by atoms with Gasteiger partial charge >= 0.3 is 6.03 Å². The van der Waals surface area contributed by atoms with Crippen molar-refractivity contribution in [3.8, 4) is 0 Å². The Balaban J connectivity index is 1.53. The quantitative estimate of drug-likeness (QED) is 0.781. The average Bonchev–Trinajstić information content (AvgIpc) is 3.04. The summed E-state index contributed by atoms with van der Waals surface area (Å²) in [4.78, 5) is 23.0. The van der Waals surface area contributed by atoms with Gasteiger partial charge in [-0.25, -0.2) is 4.79 Å². The van der Waals surface area contributed by atoms with Crippen LogP contribution < -0.4 is 16.0 Å². The number of anilines is 2. The van der Waals surface area contributed by atoms with Gasteiger partial charge in [-0.2, -0.15) is 0 Å². The number of fused-ring (bicyclic) bond motifs is 1. The smallest absolute Gasteiger partial charge is 0.319 e. The van der Waals surface area contributed by atoms with Crippen LogP contribution in [0.25, 0.3) is 0 Å². The van der Waals surface area contributed by atoms with Crippen molar-refractivity contribution in [1.82, 2.24) is 5.32 Å². The number of carbonyl (C=O) groups excluding carboxylic acids is 2. The Kier molecular flexibility index (Phi) is 3.56. The monoisotopic (exact) mass is 275 g/mol. The van der Waals surface area contributed by atoms with Crippen LogP contribution in [0.4, 0.5) is 16.2 Å². The molecule has 3 rings (SSSR count). The van der Waals surface area contributed by atoms with E-state index in [2.05, 4.69) is 16.0 Å². The van der Waals surface area contributed by atoms with Crippen LogP contribution in [0.3, 0.4) is 0 Å². The highest BCUT2D eigenvalue weighted by atomic mass is 16.5. The van der Waals surface area contributed by atoms with Crippen molar-refractivity contribution in [3.63, 3.8) is 0 Å². The molecule has 0 bridgehead atoms. The molecule has 0 radical (unpaired) electrons. The van der Waals surface area contributed by atoms with Crippen LogP contribution in [0.1, 0.15) is 18.4 Å². The number of nitrogens with one attached hydrogen (secondary N) is 3. The molecular formula is C14H17N3O3. The molecule has 1 aromatic rings. The number of carbonyl (C=O) groups is 2. The summed E-state index contributed by atoms with van der Waals surface area (Å²) in [7, 11) is 0. The van der Waals surface area contributed by atoms with Crippen LogP contribution in [-0.4, -0.2) is 31.2 Å². The van der Waals surface area contributed by atoms with Crippen LogP contribution in [0, 0.1) is 0 Å². The van der Waals surface area contributed by atoms with E-state index in [0.717, 1.165) is 30.7 Å². The number of amides is 3. The first-order valence-electron chi connectivity index (χ1n) is 6.80. The highest BCUT2D eigenvalue weighted by Crippen LogP contribution is 2.26. The zero-order chi connectivity index (χ0) is 13.9. The van der Waals surface area contributed by atoms with Crippen LogP contribution >= 0.6 is 0 Å². The van der Waals surface area contributed by atoms with Gasteiger partial charge in [0.25, 0.3) is 0 Å². The van der Waals surface area contributed by atoms with Crippen molar-refractivity contribution in [2.24, 2.45) is 0 Å². The van der Waals surface area contributed by atoms with Gasteiger partial charge in [0.2, 0.25) is 5.91 Å². The molecule has 20 heavy (non-hydrogen) atoms. The molecule has 106 valence electrons. The van der Waals surface area contributed by atoms with E-state index in [1.165, 1.54) is 0 Å². The number of benzene rings is 1. The maximum Gasteiger partial charge on any atom is 0.319 e. The minimum atomic E-state index is -0.259. The van der Waals surface area contributed by atoms with Gasteiger partial charge in [0.1, 0.15) is 0 Å². The summed E-state index contributed by atoms with van der Waals surface area (Å²) >= 11 is 0. The summed E-state index contributed by atoms with van der Waals surface area (Å²) in [6.45, 7) is 1.30. The van der Waals surface area contributed by atoms with Gasteiger partial charge in [0.15, 0.2) is 0 Å². The molecule has 1 unspecified atom stereocenters. The summed E-state index contributed by atoms with van der Waals surface area (Å²) in [5, 5.41) is 8.30. The van der Waals surface area contributed by atoms with Crippen molar-refractivity contribution in [2.75, 3.05) is 23.8 Å². The molecule has 0 saturated carbocycles. The molecule has 2 aliphatic heterocycles. The Morgan fingerprint density at radius 2 is 2.35 bits per heavy atom. The molecule has 1 aromatic carbocycles. The van der Waals surface area contributed by atoms with Crippen molar-refractivity contribution < 1.29 is 14.3 Å². The van der Waals surface area contributed by atoms with Crippen LogP contribution in [0.15, 0.2) is 18.2 Å². The predicted molar refractivity (Wildman–Crippen MR) is 74.8 cm³/mol. The van der Waals surface area contributed by atoms with Crippen molar-refractivity contribution in [2.45, 2.75) is 25.4 Å². The number of hydrogen-bond acceptors (Lipinski definition) is 3. The summed E-state index contributed by atoms with van der Waals surface area (Å²) in [6, 6.07) is 5.16. The zero-order valence-corrected chi connectivity index (χ0v) is 11.1. The molecule has 6 nitrogen and oxygen atoms in total. The number of rotatable bonds is 3. The van der Waals surface area contributed by atoms with Gasteiger partial charge in [-0.3, -0.25) is 4.79 Å². The Morgan fingerprint density at radius 3 is 3.15 bits per heavy atom. The second kappa shape index (κ2) is 5.50. The lowest BCUT2D eigenvalue weighted by molar-refractivity contribution is -0.115. The second-order valence-electron chi connectivity index (χ2n) is 5.07. The van der Waals surface area contributed by atoms with E-state index in [-0.39, 0.29) is 18.0 Å². The third kappa shape index (κ3) is 2.91. The Labute approximate surface area is 116 Å². The fourth-order valence-corrected chi connectivity index (χ4v) is 2.48. The molecule has 0 spiro atoms. The second-order valence-corrected chi connectivity index (χ2v) is 5.07. The summed E-state index contributed by atoms with van der Waals surface area (Å²) in [5.74, 6) is -0.0139. The molecule has 3 N–H and O–H groups in total. The van der Waals surface area contributed by atoms with E-state index in [1.807, 2.05) is 6.07 Å². The van der Waals surface area contributed by atoms with Gasteiger partial charge in [0.05, 0.1) is 12.5 Å². The average molecular weight is 275 g/mol. The van der Waals surface area contributed by atoms with Gasteiger partial charge in [-0.1, -0.05) is 6.07 Å². The molecule has 2 heterocycles. The van der Waals surface area contributed by atoms with Crippen LogP contribution in [0.5, 0.6) is 0 Å². The minimum absolute atomic E-state index is 0.0139. The molecule has 1 saturated heterocycles. The summed E-state index contributed by atoms with van der Waals surface area (Å²) < 4.78 is 5.44. The SMILES string of the molecule is O=C1Cc2ccc(NC(=O)NCC3CCCO3)cc2N1. The first-order chi connectivity index (χ1) is 9.70. The molecular weight excluding hydrogens is 258 g/mol. The summed E-state index contributed by atoms with van der Waals surface area (Å²) in [5.41, 5.74) is 2.39. The first kappa shape index (κ1) is 12.9. The fraction of sp³-hybridized carbons (Fsp3) is 0.429. The molecule has 3 amide bonds.